The van der Waals surface area contributed by atoms with E-state index in [0.29, 0.717) is 10.8 Å². The molecule has 0 aliphatic heterocycles. The molecule has 0 heterocycles. The van der Waals surface area contributed by atoms with Crippen molar-refractivity contribution in [1.82, 2.24) is 0 Å². The first-order chi connectivity index (χ1) is 6.42. The molecule has 0 amide bonds. The van der Waals surface area contributed by atoms with Crippen molar-refractivity contribution in [3.8, 4) is 5.75 Å². The van der Waals surface area contributed by atoms with E-state index < -0.39 is 10.1 Å². The molecule has 1 aromatic carbocycles. The normalized spacial score (nSPS) is 11.0. The topological polar surface area (TPSA) is 60.4 Å². The standard InChI is InChI=1S/C8H7BrO4S/c1-14(11,12)13-8-3-2-7(9)4-6(8)5-10/h2-5H,1H3. The Hall–Kier alpha value is -0.880. The van der Waals surface area contributed by atoms with E-state index in [1.165, 1.54) is 12.1 Å². The molecule has 0 aromatic heterocycles. The van der Waals surface area contributed by atoms with Crippen LogP contribution in [0.15, 0.2) is 22.7 Å². The van der Waals surface area contributed by atoms with Crippen molar-refractivity contribution in [2.75, 3.05) is 6.26 Å². The number of rotatable bonds is 3. The van der Waals surface area contributed by atoms with Crippen LogP contribution < -0.4 is 4.18 Å². The molecule has 14 heavy (non-hydrogen) atoms. The number of halogens is 1. The highest BCUT2D eigenvalue weighted by Crippen LogP contribution is 2.22. The zero-order chi connectivity index (χ0) is 10.8. The fourth-order valence-electron chi connectivity index (χ4n) is 0.850. The highest BCUT2D eigenvalue weighted by atomic mass is 79.9. The summed E-state index contributed by atoms with van der Waals surface area (Å²) in [6.45, 7) is 0. The van der Waals surface area contributed by atoms with E-state index >= 15 is 0 Å². The van der Waals surface area contributed by atoms with Gasteiger partial charge in [-0.15, -0.1) is 0 Å². The monoisotopic (exact) mass is 278 g/mol. The third kappa shape index (κ3) is 3.12. The van der Waals surface area contributed by atoms with E-state index in [1.807, 2.05) is 0 Å². The summed E-state index contributed by atoms with van der Waals surface area (Å²) in [4.78, 5) is 10.6. The van der Waals surface area contributed by atoms with Gasteiger partial charge in [-0.2, -0.15) is 8.42 Å². The molecule has 76 valence electrons. The molecule has 0 fully saturated rings. The highest BCUT2D eigenvalue weighted by molar-refractivity contribution is 9.10. The van der Waals surface area contributed by atoms with Gasteiger partial charge in [0.05, 0.1) is 11.8 Å². The number of carbonyl (C=O) groups is 1. The summed E-state index contributed by atoms with van der Waals surface area (Å²) in [5.74, 6) is 0.0331. The maximum absolute atomic E-state index is 10.8. The molecule has 0 unspecified atom stereocenters. The summed E-state index contributed by atoms with van der Waals surface area (Å²) in [7, 11) is -3.60. The van der Waals surface area contributed by atoms with Crippen LogP contribution in [-0.2, 0) is 10.1 Å². The van der Waals surface area contributed by atoms with Crippen LogP contribution in [0.1, 0.15) is 10.4 Å². The Morgan fingerprint density at radius 1 is 1.43 bits per heavy atom. The van der Waals surface area contributed by atoms with E-state index in [4.69, 9.17) is 0 Å². The minimum atomic E-state index is -3.60. The fraction of sp³-hybridized carbons (Fsp3) is 0.125. The number of aldehydes is 1. The summed E-state index contributed by atoms with van der Waals surface area (Å²) >= 11 is 3.15. The van der Waals surface area contributed by atoms with Crippen LogP contribution in [0.3, 0.4) is 0 Å². The average molecular weight is 279 g/mol. The molecule has 4 nitrogen and oxygen atoms in total. The average Bonchev–Trinajstić information content (AvgIpc) is 2.06. The number of hydrogen-bond donors (Lipinski definition) is 0. The molecule has 1 aromatic rings. The first kappa shape index (κ1) is 11.2. The van der Waals surface area contributed by atoms with E-state index in [9.17, 15) is 13.2 Å². The van der Waals surface area contributed by atoms with E-state index in [-0.39, 0.29) is 11.3 Å². The van der Waals surface area contributed by atoms with Crippen LogP contribution in [0.25, 0.3) is 0 Å². The van der Waals surface area contributed by atoms with Crippen LogP contribution in [0, 0.1) is 0 Å². The molecule has 0 aliphatic carbocycles. The zero-order valence-corrected chi connectivity index (χ0v) is 9.63. The van der Waals surface area contributed by atoms with E-state index in [2.05, 4.69) is 20.1 Å². The maximum atomic E-state index is 10.8. The van der Waals surface area contributed by atoms with Crippen molar-refractivity contribution in [3.63, 3.8) is 0 Å². The van der Waals surface area contributed by atoms with Crippen LogP contribution in [0.5, 0.6) is 5.75 Å². The molecular formula is C8H7BrO4S. The predicted octanol–water partition coefficient (Wildman–Crippen LogP) is 1.60. The van der Waals surface area contributed by atoms with Crippen molar-refractivity contribution in [2.45, 2.75) is 0 Å². The Morgan fingerprint density at radius 3 is 2.57 bits per heavy atom. The largest absolute Gasteiger partial charge is 0.382 e. The molecule has 0 bridgehead atoms. The Kier molecular flexibility index (Phi) is 3.28. The lowest BCUT2D eigenvalue weighted by Crippen LogP contribution is -2.07. The van der Waals surface area contributed by atoms with Gasteiger partial charge in [0, 0.05) is 4.47 Å². The molecular weight excluding hydrogens is 272 g/mol. The predicted molar refractivity (Wildman–Crippen MR) is 55.0 cm³/mol. The van der Waals surface area contributed by atoms with Gasteiger partial charge < -0.3 is 4.18 Å². The molecule has 6 heteroatoms. The van der Waals surface area contributed by atoms with Gasteiger partial charge in [-0.25, -0.2) is 0 Å². The van der Waals surface area contributed by atoms with Gasteiger partial charge in [-0.3, -0.25) is 4.79 Å². The molecule has 0 saturated heterocycles. The van der Waals surface area contributed by atoms with Crippen molar-refractivity contribution < 1.29 is 17.4 Å². The van der Waals surface area contributed by atoms with Crippen molar-refractivity contribution in [2.24, 2.45) is 0 Å². The third-order valence-corrected chi connectivity index (χ3v) is 2.32. The van der Waals surface area contributed by atoms with Crippen LogP contribution in [-0.4, -0.2) is 21.0 Å². The minimum Gasteiger partial charge on any atom is -0.382 e. The van der Waals surface area contributed by atoms with Gasteiger partial charge in [-0.05, 0) is 18.2 Å². The lowest BCUT2D eigenvalue weighted by molar-refractivity contribution is 0.112. The van der Waals surface area contributed by atoms with E-state index in [1.54, 1.807) is 6.07 Å². The Bertz CT molecular complexity index is 452. The Morgan fingerprint density at radius 2 is 2.07 bits per heavy atom. The third-order valence-electron chi connectivity index (χ3n) is 1.34. The summed E-state index contributed by atoms with van der Waals surface area (Å²) < 4.78 is 26.9. The first-order valence-electron chi connectivity index (χ1n) is 3.56. The summed E-state index contributed by atoms with van der Waals surface area (Å²) in [6.07, 6.45) is 1.45. The maximum Gasteiger partial charge on any atom is 0.306 e. The van der Waals surface area contributed by atoms with Crippen LogP contribution in [0.2, 0.25) is 0 Å². The summed E-state index contributed by atoms with van der Waals surface area (Å²) in [5, 5.41) is 0. The molecule has 1 rings (SSSR count). The number of hydrogen-bond acceptors (Lipinski definition) is 4. The van der Waals surface area contributed by atoms with Crippen molar-refractivity contribution in [1.29, 1.82) is 0 Å². The molecule has 0 atom stereocenters. The number of benzene rings is 1. The van der Waals surface area contributed by atoms with Gasteiger partial charge in [-0.1, -0.05) is 15.9 Å². The lowest BCUT2D eigenvalue weighted by Gasteiger charge is -2.05. The van der Waals surface area contributed by atoms with Crippen molar-refractivity contribution >= 4 is 32.3 Å². The summed E-state index contributed by atoms with van der Waals surface area (Å²) in [5.41, 5.74) is 0.185. The van der Waals surface area contributed by atoms with Crippen LogP contribution >= 0.6 is 15.9 Å². The van der Waals surface area contributed by atoms with Crippen LogP contribution in [0.4, 0.5) is 0 Å². The molecule has 0 N–H and O–H groups in total. The molecule has 0 saturated carbocycles. The highest BCUT2D eigenvalue weighted by Gasteiger charge is 2.09. The second-order valence-electron chi connectivity index (χ2n) is 2.59. The Balaban J connectivity index is 3.15. The smallest absolute Gasteiger partial charge is 0.306 e. The molecule has 0 aliphatic rings. The Labute approximate surface area is 90.1 Å². The first-order valence-corrected chi connectivity index (χ1v) is 6.17. The van der Waals surface area contributed by atoms with Gasteiger partial charge in [0.1, 0.15) is 0 Å². The quantitative estimate of drug-likeness (QED) is 0.623. The van der Waals surface area contributed by atoms with Gasteiger partial charge in [0.15, 0.2) is 12.0 Å². The zero-order valence-electron chi connectivity index (χ0n) is 7.23. The minimum absolute atomic E-state index is 0.0331. The second kappa shape index (κ2) is 4.10. The number of carbonyl (C=O) groups excluding carboxylic acids is 1. The van der Waals surface area contributed by atoms with Gasteiger partial charge >= 0.3 is 10.1 Å². The lowest BCUT2D eigenvalue weighted by atomic mass is 10.2. The fourth-order valence-corrected chi connectivity index (χ4v) is 1.71. The van der Waals surface area contributed by atoms with Crippen molar-refractivity contribution in [3.05, 3.63) is 28.2 Å². The van der Waals surface area contributed by atoms with Gasteiger partial charge in [0.2, 0.25) is 0 Å². The van der Waals surface area contributed by atoms with E-state index in [0.717, 1.165) is 6.26 Å². The summed E-state index contributed by atoms with van der Waals surface area (Å²) in [6, 6.07) is 4.48. The molecule has 0 radical (unpaired) electrons. The second-order valence-corrected chi connectivity index (χ2v) is 5.08. The SMILES string of the molecule is CS(=O)(=O)Oc1ccc(Br)cc1C=O. The molecule has 0 spiro atoms. The van der Waals surface area contributed by atoms with Gasteiger partial charge in [0.25, 0.3) is 0 Å².